The lowest BCUT2D eigenvalue weighted by molar-refractivity contribution is -0.151. The van der Waals surface area contributed by atoms with Crippen molar-refractivity contribution in [1.82, 2.24) is 9.80 Å². The predicted molar refractivity (Wildman–Crippen MR) is 148 cm³/mol. The van der Waals surface area contributed by atoms with Crippen LogP contribution in [0.5, 0.6) is 5.75 Å². The number of halogens is 2. The summed E-state index contributed by atoms with van der Waals surface area (Å²) in [6.07, 6.45) is 4.91. The molecular formula is C30H35ClFN3O4. The average Bonchev–Trinajstić information content (AvgIpc) is 3.67. The first kappa shape index (κ1) is 26.4. The monoisotopic (exact) mass is 555 g/mol. The van der Waals surface area contributed by atoms with Crippen molar-refractivity contribution < 1.29 is 23.9 Å². The molecule has 1 N–H and O–H groups in total. The van der Waals surface area contributed by atoms with Gasteiger partial charge in [0, 0.05) is 43.9 Å². The number of piperidine rings is 1. The Morgan fingerprint density at radius 1 is 1.23 bits per heavy atom. The van der Waals surface area contributed by atoms with E-state index in [0.29, 0.717) is 55.6 Å². The number of amidine groups is 1. The van der Waals surface area contributed by atoms with Crippen LogP contribution in [-0.2, 0) is 16.2 Å². The minimum atomic E-state index is -0.688. The van der Waals surface area contributed by atoms with Crippen LogP contribution in [0.3, 0.4) is 0 Å². The molecule has 4 aliphatic rings. The Morgan fingerprint density at radius 3 is 2.51 bits per heavy atom. The van der Waals surface area contributed by atoms with Crippen LogP contribution in [-0.4, -0.2) is 65.6 Å². The number of oxime groups is 1. The highest BCUT2D eigenvalue weighted by molar-refractivity contribution is 6.35. The van der Waals surface area contributed by atoms with Crippen molar-refractivity contribution >= 4 is 23.4 Å². The van der Waals surface area contributed by atoms with Crippen LogP contribution in [0.1, 0.15) is 62.5 Å². The molecular weight excluding hydrogens is 521 g/mol. The third kappa shape index (κ3) is 4.76. The normalized spacial score (nSPS) is 21.8. The van der Waals surface area contributed by atoms with E-state index >= 15 is 0 Å². The molecule has 0 radical (unpaired) electrons. The molecule has 0 atom stereocenters. The molecule has 1 saturated carbocycles. The first-order valence-corrected chi connectivity index (χ1v) is 14.3. The number of aliphatic carboxylic acids is 1. The van der Waals surface area contributed by atoms with Crippen LogP contribution in [0.4, 0.5) is 4.39 Å². The van der Waals surface area contributed by atoms with E-state index < -0.39 is 11.4 Å². The maximum absolute atomic E-state index is 13.6. The number of methoxy groups -OCH3 is 1. The molecule has 0 aromatic heterocycles. The number of carboxylic acid groups (broad SMARTS) is 1. The fourth-order valence-electron chi connectivity index (χ4n) is 6.55. The zero-order chi connectivity index (χ0) is 27.4. The Bertz CT molecular complexity index is 1300. The van der Waals surface area contributed by atoms with Gasteiger partial charge in [0.05, 0.1) is 24.0 Å². The van der Waals surface area contributed by atoms with Crippen molar-refractivity contribution in [3.8, 4) is 16.9 Å². The molecule has 3 aliphatic heterocycles. The average molecular weight is 556 g/mol. The summed E-state index contributed by atoms with van der Waals surface area (Å²) in [7, 11) is 1.64. The summed E-state index contributed by atoms with van der Waals surface area (Å²) in [6.45, 7) is 5.55. The molecule has 208 valence electrons. The van der Waals surface area contributed by atoms with Crippen molar-refractivity contribution in [3.05, 3.63) is 52.3 Å². The maximum atomic E-state index is 13.6. The molecule has 3 fully saturated rings. The van der Waals surface area contributed by atoms with E-state index in [4.69, 9.17) is 21.2 Å². The summed E-state index contributed by atoms with van der Waals surface area (Å²) in [6, 6.07) is 8.72. The van der Waals surface area contributed by atoms with E-state index in [1.807, 2.05) is 6.92 Å². The van der Waals surface area contributed by atoms with Gasteiger partial charge in [0.1, 0.15) is 17.4 Å². The van der Waals surface area contributed by atoms with Gasteiger partial charge in [0.15, 0.2) is 5.60 Å². The van der Waals surface area contributed by atoms with Gasteiger partial charge >= 0.3 is 5.97 Å². The topological polar surface area (TPSA) is 74.6 Å². The second-order valence-corrected chi connectivity index (χ2v) is 12.0. The number of carbonyl (C=O) groups is 1. The number of likely N-dealkylation sites (tertiary alicyclic amines) is 2. The van der Waals surface area contributed by atoms with Crippen molar-refractivity contribution in [1.29, 1.82) is 0 Å². The van der Waals surface area contributed by atoms with Crippen LogP contribution in [0.2, 0.25) is 5.02 Å². The largest absolute Gasteiger partial charge is 0.495 e. The van der Waals surface area contributed by atoms with Crippen LogP contribution in [0, 0.1) is 11.2 Å². The smallest absolute Gasteiger partial charge is 0.309 e. The predicted octanol–water partition coefficient (Wildman–Crippen LogP) is 5.90. The zero-order valence-corrected chi connectivity index (χ0v) is 23.3. The van der Waals surface area contributed by atoms with Crippen LogP contribution in [0.25, 0.3) is 11.1 Å². The second-order valence-electron chi connectivity index (χ2n) is 11.7. The quantitative estimate of drug-likeness (QED) is 0.459. The fraction of sp³-hybridized carbons (Fsp3) is 0.533. The van der Waals surface area contributed by atoms with E-state index in [1.165, 1.54) is 17.7 Å². The highest BCUT2D eigenvalue weighted by Gasteiger charge is 2.51. The summed E-state index contributed by atoms with van der Waals surface area (Å²) >= 11 is 6.96. The van der Waals surface area contributed by atoms with Gasteiger partial charge in [-0.25, -0.2) is 4.39 Å². The number of carboxylic acids is 1. The summed E-state index contributed by atoms with van der Waals surface area (Å²) < 4.78 is 19.4. The van der Waals surface area contributed by atoms with Gasteiger partial charge in [-0.15, -0.1) is 0 Å². The van der Waals surface area contributed by atoms with Crippen LogP contribution < -0.4 is 4.74 Å². The third-order valence-electron chi connectivity index (χ3n) is 9.14. The van der Waals surface area contributed by atoms with Gasteiger partial charge < -0.3 is 19.6 Å². The van der Waals surface area contributed by atoms with Gasteiger partial charge in [0.25, 0.3) is 0 Å². The van der Waals surface area contributed by atoms with E-state index in [9.17, 15) is 14.3 Å². The summed E-state index contributed by atoms with van der Waals surface area (Å²) in [5.74, 6) is 1.10. The minimum Gasteiger partial charge on any atom is -0.495 e. The highest BCUT2D eigenvalue weighted by Crippen LogP contribution is 2.51. The Kier molecular flexibility index (Phi) is 6.74. The molecule has 9 heteroatoms. The molecule has 7 nitrogen and oxygen atoms in total. The van der Waals surface area contributed by atoms with E-state index in [1.54, 1.807) is 19.2 Å². The Balaban J connectivity index is 1.13. The fourth-order valence-corrected chi connectivity index (χ4v) is 6.96. The second kappa shape index (κ2) is 9.97. The van der Waals surface area contributed by atoms with E-state index in [-0.39, 0.29) is 11.4 Å². The molecule has 39 heavy (non-hydrogen) atoms. The van der Waals surface area contributed by atoms with E-state index in [0.717, 1.165) is 54.9 Å². The highest BCUT2D eigenvalue weighted by atomic mass is 35.5. The molecule has 0 unspecified atom stereocenters. The zero-order valence-electron chi connectivity index (χ0n) is 22.5. The van der Waals surface area contributed by atoms with Crippen molar-refractivity contribution in [2.24, 2.45) is 10.6 Å². The molecule has 6 rings (SSSR count). The Morgan fingerprint density at radius 2 is 1.92 bits per heavy atom. The van der Waals surface area contributed by atoms with Crippen molar-refractivity contribution in [2.75, 3.05) is 33.3 Å². The van der Waals surface area contributed by atoms with Crippen molar-refractivity contribution in [3.63, 3.8) is 0 Å². The molecule has 1 spiro atoms. The van der Waals surface area contributed by atoms with E-state index in [2.05, 4.69) is 21.0 Å². The number of ether oxygens (including phenoxy) is 1. The van der Waals surface area contributed by atoms with Crippen LogP contribution >= 0.6 is 11.6 Å². The SMILES string of the molecule is CCC1(C(=O)O)CCN(C2=NOC3(C2)CN(Cc2cc(C4CC4)c(-c4ccc(F)cc4)c(Cl)c2OC)C3)CC1. The van der Waals surface area contributed by atoms with Gasteiger partial charge in [-0.3, -0.25) is 9.69 Å². The first-order valence-electron chi connectivity index (χ1n) is 13.9. The van der Waals surface area contributed by atoms with Crippen LogP contribution in [0.15, 0.2) is 35.5 Å². The van der Waals surface area contributed by atoms with Gasteiger partial charge in [0.2, 0.25) is 0 Å². The molecule has 2 saturated heterocycles. The lowest BCUT2D eigenvalue weighted by Crippen LogP contribution is -2.61. The summed E-state index contributed by atoms with van der Waals surface area (Å²) in [4.78, 5) is 22.3. The van der Waals surface area contributed by atoms with Gasteiger partial charge in [-0.2, -0.15) is 0 Å². The Labute approximate surface area is 233 Å². The van der Waals surface area contributed by atoms with Crippen molar-refractivity contribution in [2.45, 2.75) is 63.5 Å². The Hall–Kier alpha value is -2.84. The number of hydrogen-bond donors (Lipinski definition) is 1. The molecule has 2 aromatic rings. The maximum Gasteiger partial charge on any atom is 0.309 e. The number of nitrogens with zero attached hydrogens (tertiary/aromatic N) is 3. The summed E-state index contributed by atoms with van der Waals surface area (Å²) in [5.41, 5.74) is 3.14. The summed E-state index contributed by atoms with van der Waals surface area (Å²) in [5, 5.41) is 14.7. The van der Waals surface area contributed by atoms with Gasteiger partial charge in [-0.1, -0.05) is 35.8 Å². The molecule has 3 heterocycles. The number of rotatable bonds is 7. The van der Waals surface area contributed by atoms with Gasteiger partial charge in [-0.05, 0) is 67.3 Å². The minimum absolute atomic E-state index is 0.269. The number of hydrogen-bond acceptors (Lipinski definition) is 6. The lowest BCUT2D eigenvalue weighted by Gasteiger charge is -2.46. The molecule has 0 amide bonds. The first-order chi connectivity index (χ1) is 18.8. The standard InChI is InChI=1S/C30H35ClFN3O4/c1-3-29(28(36)37)10-12-35(13-11-29)24-15-30(39-33-24)17-34(18-30)16-21-14-23(19-4-5-19)25(26(31)27(21)38-2)20-6-8-22(32)9-7-20/h6-9,14,19H,3-5,10-13,15-18H2,1-2H3,(H,36,37). The number of benzene rings is 2. The molecule has 0 bridgehead atoms. The molecule has 2 aromatic carbocycles. The third-order valence-corrected chi connectivity index (χ3v) is 9.50. The lowest BCUT2D eigenvalue weighted by atomic mass is 9.76. The molecule has 1 aliphatic carbocycles.